The van der Waals surface area contributed by atoms with Gasteiger partial charge in [-0.2, -0.15) is 0 Å². The molecule has 2 saturated heterocycles. The zero-order valence-corrected chi connectivity index (χ0v) is 11.8. The smallest absolute Gasteiger partial charge is 0.187 e. The van der Waals surface area contributed by atoms with Gasteiger partial charge in [0.1, 0.15) is 42.7 Å². The van der Waals surface area contributed by atoms with E-state index in [0.29, 0.717) is 0 Å². The Morgan fingerprint density at radius 3 is 2.05 bits per heavy atom. The lowest BCUT2D eigenvalue weighted by Crippen LogP contribution is -2.63. The van der Waals surface area contributed by atoms with E-state index in [0.717, 1.165) is 0 Å². The molecule has 0 aromatic heterocycles. The standard InChI is InChI=1S/C12H22O10/c1-3-5(14)10(9(18)11(19)20-3)22-12-8(17)7(16)6(15)4(2-13)21-12/h3-19H,2H2,1H3/t3-,4-,5+,6-,7+,8-,9-,10+,11-,12+/m1/s1. The van der Waals surface area contributed by atoms with Crippen LogP contribution in [0, 0.1) is 0 Å². The average Bonchev–Trinajstić information content (AvgIpc) is 2.49. The Morgan fingerprint density at radius 1 is 0.818 bits per heavy atom. The highest BCUT2D eigenvalue weighted by molar-refractivity contribution is 4.92. The summed E-state index contributed by atoms with van der Waals surface area (Å²) in [5.41, 5.74) is 0. The highest BCUT2D eigenvalue weighted by atomic mass is 16.7. The SMILES string of the molecule is C[C@H]1O[C@@H](O)[C@H](O)[C@@H](O[C@@H]2O[C@H](CO)[C@@H](O)[C@H](O)[C@H]2O)[C@H]1O. The molecule has 2 aliphatic heterocycles. The largest absolute Gasteiger partial charge is 0.394 e. The molecule has 0 saturated carbocycles. The molecule has 2 aliphatic rings. The first kappa shape index (κ1) is 17.9. The van der Waals surface area contributed by atoms with Crippen LogP contribution in [0.4, 0.5) is 0 Å². The van der Waals surface area contributed by atoms with Crippen molar-refractivity contribution in [1.82, 2.24) is 0 Å². The Hall–Kier alpha value is -0.400. The zero-order valence-electron chi connectivity index (χ0n) is 11.8. The Labute approximate surface area is 126 Å². The minimum Gasteiger partial charge on any atom is -0.394 e. The summed E-state index contributed by atoms with van der Waals surface area (Å²) in [6.07, 6.45) is -14.3. The molecule has 2 fully saturated rings. The third kappa shape index (κ3) is 3.26. The van der Waals surface area contributed by atoms with Gasteiger partial charge in [0.05, 0.1) is 12.7 Å². The summed E-state index contributed by atoms with van der Waals surface area (Å²) in [4.78, 5) is 0. The fraction of sp³-hybridized carbons (Fsp3) is 1.00. The molecule has 0 unspecified atom stereocenters. The molecule has 2 rings (SSSR count). The van der Waals surface area contributed by atoms with E-state index in [-0.39, 0.29) is 0 Å². The Bertz CT molecular complexity index is 352. The summed E-state index contributed by atoms with van der Waals surface area (Å²) >= 11 is 0. The molecule has 0 bridgehead atoms. The Balaban J connectivity index is 2.10. The van der Waals surface area contributed by atoms with Crippen molar-refractivity contribution in [1.29, 1.82) is 0 Å². The lowest BCUT2D eigenvalue weighted by atomic mass is 9.97. The number of rotatable bonds is 3. The number of hydrogen-bond acceptors (Lipinski definition) is 10. The van der Waals surface area contributed by atoms with Gasteiger partial charge >= 0.3 is 0 Å². The number of hydrogen-bond donors (Lipinski definition) is 7. The molecule has 7 N–H and O–H groups in total. The van der Waals surface area contributed by atoms with Crippen molar-refractivity contribution in [3.8, 4) is 0 Å². The fourth-order valence-corrected chi connectivity index (χ4v) is 2.51. The quantitative estimate of drug-likeness (QED) is 0.269. The minimum absolute atomic E-state index is 0.636. The molecule has 2 heterocycles. The lowest BCUT2D eigenvalue weighted by Gasteiger charge is -2.44. The molecule has 10 nitrogen and oxygen atoms in total. The van der Waals surface area contributed by atoms with Gasteiger partial charge in [0.25, 0.3) is 0 Å². The molecule has 0 amide bonds. The van der Waals surface area contributed by atoms with Crippen LogP contribution in [0.5, 0.6) is 0 Å². The second-order valence-corrected chi connectivity index (χ2v) is 5.51. The topological polar surface area (TPSA) is 169 Å². The first-order chi connectivity index (χ1) is 10.3. The third-order valence-corrected chi connectivity index (χ3v) is 3.94. The van der Waals surface area contributed by atoms with E-state index in [1.807, 2.05) is 0 Å². The van der Waals surface area contributed by atoms with Gasteiger partial charge in [-0.1, -0.05) is 0 Å². The van der Waals surface area contributed by atoms with Crippen molar-refractivity contribution in [2.24, 2.45) is 0 Å². The minimum atomic E-state index is -1.67. The van der Waals surface area contributed by atoms with Crippen LogP contribution < -0.4 is 0 Å². The van der Waals surface area contributed by atoms with Gasteiger partial charge in [0, 0.05) is 0 Å². The predicted molar refractivity (Wildman–Crippen MR) is 67.2 cm³/mol. The van der Waals surface area contributed by atoms with Gasteiger partial charge in [0.2, 0.25) is 0 Å². The van der Waals surface area contributed by atoms with E-state index in [9.17, 15) is 30.6 Å². The van der Waals surface area contributed by atoms with Gasteiger partial charge in [-0.15, -0.1) is 0 Å². The highest BCUT2D eigenvalue weighted by Gasteiger charge is 2.49. The Kier molecular flexibility index (Phi) is 5.72. The van der Waals surface area contributed by atoms with Crippen molar-refractivity contribution < 1.29 is 50.0 Å². The summed E-state index contributed by atoms with van der Waals surface area (Å²) in [7, 11) is 0. The van der Waals surface area contributed by atoms with Crippen LogP contribution in [0.1, 0.15) is 6.92 Å². The van der Waals surface area contributed by atoms with Gasteiger partial charge in [0.15, 0.2) is 12.6 Å². The zero-order chi connectivity index (χ0) is 16.6. The summed E-state index contributed by atoms with van der Waals surface area (Å²) in [6.45, 7) is 0.812. The Morgan fingerprint density at radius 2 is 1.45 bits per heavy atom. The normalized spacial score (nSPS) is 53.5. The van der Waals surface area contributed by atoms with Crippen LogP contribution in [0.3, 0.4) is 0 Å². The third-order valence-electron chi connectivity index (χ3n) is 3.94. The molecule has 10 heteroatoms. The van der Waals surface area contributed by atoms with Crippen LogP contribution in [-0.4, -0.2) is 104 Å². The van der Waals surface area contributed by atoms with Crippen molar-refractivity contribution in [2.45, 2.75) is 68.3 Å². The van der Waals surface area contributed by atoms with Crippen LogP contribution >= 0.6 is 0 Å². The molecule has 0 aliphatic carbocycles. The van der Waals surface area contributed by atoms with E-state index in [1.54, 1.807) is 0 Å². The molecule has 10 atom stereocenters. The van der Waals surface area contributed by atoms with E-state index in [1.165, 1.54) is 6.92 Å². The molecule has 0 spiro atoms. The highest BCUT2D eigenvalue weighted by Crippen LogP contribution is 2.28. The van der Waals surface area contributed by atoms with Crippen molar-refractivity contribution in [3.05, 3.63) is 0 Å². The van der Waals surface area contributed by atoms with E-state index in [4.69, 9.17) is 19.3 Å². The second-order valence-electron chi connectivity index (χ2n) is 5.51. The molecule has 0 aromatic rings. The average molecular weight is 326 g/mol. The summed E-state index contributed by atoms with van der Waals surface area (Å²) < 4.78 is 15.3. The van der Waals surface area contributed by atoms with Gasteiger partial charge in [-0.3, -0.25) is 0 Å². The van der Waals surface area contributed by atoms with E-state index >= 15 is 0 Å². The van der Waals surface area contributed by atoms with Crippen molar-refractivity contribution in [2.75, 3.05) is 6.61 Å². The molecule has 0 aromatic carbocycles. The summed E-state index contributed by atoms with van der Waals surface area (Å²) in [5, 5.41) is 67.6. The van der Waals surface area contributed by atoms with Crippen LogP contribution in [0.25, 0.3) is 0 Å². The first-order valence-corrected chi connectivity index (χ1v) is 6.93. The van der Waals surface area contributed by atoms with Crippen LogP contribution in [-0.2, 0) is 14.2 Å². The first-order valence-electron chi connectivity index (χ1n) is 6.93. The molecule has 130 valence electrons. The summed E-state index contributed by atoms with van der Waals surface area (Å²) in [5.74, 6) is 0. The summed E-state index contributed by atoms with van der Waals surface area (Å²) in [6, 6.07) is 0. The van der Waals surface area contributed by atoms with Crippen molar-refractivity contribution in [3.63, 3.8) is 0 Å². The number of aliphatic hydroxyl groups is 7. The maximum atomic E-state index is 9.96. The fourth-order valence-electron chi connectivity index (χ4n) is 2.51. The number of ether oxygens (including phenoxy) is 3. The maximum absolute atomic E-state index is 9.96. The molecule has 0 radical (unpaired) electrons. The molecule has 22 heavy (non-hydrogen) atoms. The lowest BCUT2D eigenvalue weighted by molar-refractivity contribution is -0.353. The van der Waals surface area contributed by atoms with Crippen molar-refractivity contribution >= 4 is 0 Å². The maximum Gasteiger partial charge on any atom is 0.187 e. The van der Waals surface area contributed by atoms with Gasteiger partial charge in [-0.25, -0.2) is 0 Å². The number of aliphatic hydroxyl groups excluding tert-OH is 7. The van der Waals surface area contributed by atoms with Crippen LogP contribution in [0.2, 0.25) is 0 Å². The molecular formula is C12H22O10. The van der Waals surface area contributed by atoms with E-state index in [2.05, 4.69) is 0 Å². The predicted octanol–water partition coefficient (Wildman–Crippen LogP) is -4.37. The monoisotopic (exact) mass is 326 g/mol. The second kappa shape index (κ2) is 7.01. The van der Waals surface area contributed by atoms with Gasteiger partial charge < -0.3 is 50.0 Å². The van der Waals surface area contributed by atoms with Gasteiger partial charge in [-0.05, 0) is 6.92 Å². The molecular weight excluding hydrogens is 304 g/mol. The van der Waals surface area contributed by atoms with Crippen LogP contribution in [0.15, 0.2) is 0 Å². The van der Waals surface area contributed by atoms with E-state index < -0.39 is 68.0 Å².